The van der Waals surface area contributed by atoms with Gasteiger partial charge < -0.3 is 4.90 Å². The van der Waals surface area contributed by atoms with Crippen LogP contribution in [0.5, 0.6) is 0 Å². The van der Waals surface area contributed by atoms with Crippen molar-refractivity contribution in [3.05, 3.63) is 77.1 Å². The molecule has 0 aliphatic carbocycles. The molecule has 1 aliphatic heterocycles. The molecule has 7 heteroatoms. The van der Waals surface area contributed by atoms with E-state index < -0.39 is 0 Å². The average molecular weight is 390 g/mol. The van der Waals surface area contributed by atoms with Crippen LogP contribution in [0.25, 0.3) is 21.3 Å². The molecule has 0 unspecified atom stereocenters. The summed E-state index contributed by atoms with van der Waals surface area (Å²) in [4.78, 5) is 27.8. The molecular weight excluding hydrogens is 375 g/mol. The second kappa shape index (κ2) is 6.76. The molecule has 0 spiro atoms. The first kappa shape index (κ1) is 16.9. The van der Waals surface area contributed by atoms with E-state index in [0.29, 0.717) is 25.1 Å². The maximum Gasteiger partial charge on any atom is 0.256 e. The predicted molar refractivity (Wildman–Crippen MR) is 105 cm³/mol. The van der Waals surface area contributed by atoms with Crippen molar-refractivity contribution < 1.29 is 9.18 Å². The molecule has 1 amide bonds. The Morgan fingerprint density at radius 2 is 1.96 bits per heavy atom. The lowest BCUT2D eigenvalue weighted by molar-refractivity contribution is 0.0780. The summed E-state index contributed by atoms with van der Waals surface area (Å²) < 4.78 is 14.2. The van der Waals surface area contributed by atoms with E-state index in [9.17, 15) is 9.18 Å². The largest absolute Gasteiger partial charge is 0.332 e. The molecule has 0 atom stereocenters. The Morgan fingerprint density at radius 3 is 2.82 bits per heavy atom. The molecule has 0 saturated heterocycles. The van der Waals surface area contributed by atoms with Crippen LogP contribution in [0.2, 0.25) is 0 Å². The zero-order valence-corrected chi connectivity index (χ0v) is 15.6. The maximum absolute atomic E-state index is 13.4. The topological polar surface area (TPSA) is 59.0 Å². The second-order valence-corrected chi connectivity index (χ2v) is 7.73. The quantitative estimate of drug-likeness (QED) is 0.527. The average Bonchev–Trinajstić information content (AvgIpc) is 3.27. The molecule has 3 aromatic heterocycles. The monoisotopic (exact) mass is 390 g/mol. The van der Waals surface area contributed by atoms with Crippen molar-refractivity contribution in [3.63, 3.8) is 0 Å². The van der Waals surface area contributed by atoms with Gasteiger partial charge >= 0.3 is 0 Å². The molecule has 0 saturated carbocycles. The Hall–Kier alpha value is -3.19. The molecule has 1 aliphatic rings. The van der Waals surface area contributed by atoms with E-state index in [0.717, 1.165) is 32.0 Å². The van der Waals surface area contributed by atoms with E-state index >= 15 is 0 Å². The lowest BCUT2D eigenvalue weighted by atomic mass is 10.0. The normalized spacial score (nSPS) is 13.3. The number of hydrogen-bond acceptors (Lipinski definition) is 5. The first-order valence-electron chi connectivity index (χ1n) is 8.91. The number of pyridine rings is 2. The number of thiazole rings is 1. The van der Waals surface area contributed by atoms with Gasteiger partial charge in [-0.15, -0.1) is 11.3 Å². The summed E-state index contributed by atoms with van der Waals surface area (Å²) >= 11 is 1.47. The summed E-state index contributed by atoms with van der Waals surface area (Å²) in [5, 5.41) is 0.895. The number of halogens is 1. The summed E-state index contributed by atoms with van der Waals surface area (Å²) in [5.74, 6) is -0.273. The smallest absolute Gasteiger partial charge is 0.256 e. The van der Waals surface area contributed by atoms with Crippen LogP contribution in [-0.2, 0) is 13.0 Å². The SMILES string of the molecule is O=C1c2c(-c3ccncc3)ccnc2CN1CCc1nc2ccc(F)cc2s1. The van der Waals surface area contributed by atoms with Gasteiger partial charge in [0, 0.05) is 31.6 Å². The van der Waals surface area contributed by atoms with Gasteiger partial charge in [0.25, 0.3) is 5.91 Å². The van der Waals surface area contributed by atoms with Gasteiger partial charge in [-0.3, -0.25) is 14.8 Å². The zero-order valence-electron chi connectivity index (χ0n) is 14.8. The molecule has 138 valence electrons. The lowest BCUT2D eigenvalue weighted by Gasteiger charge is -2.14. The number of rotatable bonds is 4. The van der Waals surface area contributed by atoms with Crippen molar-refractivity contribution in [1.82, 2.24) is 19.9 Å². The van der Waals surface area contributed by atoms with Crippen molar-refractivity contribution in [1.29, 1.82) is 0 Å². The number of fused-ring (bicyclic) bond motifs is 2. The van der Waals surface area contributed by atoms with Crippen molar-refractivity contribution in [3.8, 4) is 11.1 Å². The number of nitrogens with zero attached hydrogens (tertiary/aromatic N) is 4. The third kappa shape index (κ3) is 2.93. The van der Waals surface area contributed by atoms with Crippen LogP contribution in [0.15, 0.2) is 55.0 Å². The first-order valence-corrected chi connectivity index (χ1v) is 9.73. The highest BCUT2D eigenvalue weighted by molar-refractivity contribution is 7.18. The fourth-order valence-corrected chi connectivity index (χ4v) is 4.49. The van der Waals surface area contributed by atoms with Gasteiger partial charge in [0.15, 0.2) is 0 Å². The van der Waals surface area contributed by atoms with Gasteiger partial charge in [-0.2, -0.15) is 0 Å². The van der Waals surface area contributed by atoms with Gasteiger partial charge in [0.1, 0.15) is 5.82 Å². The lowest BCUT2D eigenvalue weighted by Crippen LogP contribution is -2.26. The molecule has 5 rings (SSSR count). The van der Waals surface area contributed by atoms with Crippen molar-refractivity contribution >= 4 is 27.5 Å². The number of aromatic nitrogens is 3. The number of amides is 1. The molecule has 4 heterocycles. The van der Waals surface area contributed by atoms with Crippen LogP contribution in [-0.4, -0.2) is 32.3 Å². The zero-order chi connectivity index (χ0) is 19.1. The van der Waals surface area contributed by atoms with E-state index in [1.54, 1.807) is 29.6 Å². The molecular formula is C21H15FN4OS. The third-order valence-corrected chi connectivity index (χ3v) is 5.93. The molecule has 0 N–H and O–H groups in total. The Labute approximate surface area is 164 Å². The molecule has 4 aromatic rings. The van der Waals surface area contributed by atoms with Crippen LogP contribution in [0.1, 0.15) is 21.1 Å². The van der Waals surface area contributed by atoms with E-state index in [1.165, 1.54) is 23.5 Å². The summed E-state index contributed by atoms with van der Waals surface area (Å²) in [6.45, 7) is 1.04. The molecule has 1 aromatic carbocycles. The summed E-state index contributed by atoms with van der Waals surface area (Å²) in [6, 6.07) is 10.3. The van der Waals surface area contributed by atoms with Gasteiger partial charge in [0.2, 0.25) is 0 Å². The summed E-state index contributed by atoms with van der Waals surface area (Å²) in [5.41, 5.74) is 4.09. The van der Waals surface area contributed by atoms with E-state index in [2.05, 4.69) is 15.0 Å². The van der Waals surface area contributed by atoms with Crippen molar-refractivity contribution in [2.45, 2.75) is 13.0 Å². The third-order valence-electron chi connectivity index (χ3n) is 4.85. The standard InChI is InChI=1S/C21H15FN4OS/c22-14-1-2-16-18(11-14)28-19(25-16)6-10-26-12-17-20(21(26)27)15(5-9-24-17)13-3-7-23-8-4-13/h1-5,7-9,11H,6,10,12H2. The highest BCUT2D eigenvalue weighted by Crippen LogP contribution is 2.31. The Morgan fingerprint density at radius 1 is 1.11 bits per heavy atom. The van der Waals surface area contributed by atoms with Crippen LogP contribution < -0.4 is 0 Å². The Bertz CT molecular complexity index is 1190. The molecule has 5 nitrogen and oxygen atoms in total. The molecule has 28 heavy (non-hydrogen) atoms. The number of hydrogen-bond donors (Lipinski definition) is 0. The van der Waals surface area contributed by atoms with E-state index in [4.69, 9.17) is 0 Å². The summed E-state index contributed by atoms with van der Waals surface area (Å²) in [7, 11) is 0. The molecule has 0 bridgehead atoms. The van der Waals surface area contributed by atoms with Gasteiger partial charge in [-0.05, 0) is 47.5 Å². The van der Waals surface area contributed by atoms with Gasteiger partial charge in [-0.25, -0.2) is 9.37 Å². The summed E-state index contributed by atoms with van der Waals surface area (Å²) in [6.07, 6.45) is 5.81. The predicted octanol–water partition coefficient (Wildman–Crippen LogP) is 4.09. The second-order valence-electron chi connectivity index (χ2n) is 6.61. The Kier molecular flexibility index (Phi) is 4.09. The fraction of sp³-hybridized carbons (Fsp3) is 0.143. The first-order chi connectivity index (χ1) is 13.7. The minimum absolute atomic E-state index is 0.0120. The van der Waals surface area contributed by atoms with E-state index in [-0.39, 0.29) is 11.7 Å². The van der Waals surface area contributed by atoms with Gasteiger partial charge in [0.05, 0.1) is 33.0 Å². The highest BCUT2D eigenvalue weighted by Gasteiger charge is 2.31. The van der Waals surface area contributed by atoms with Gasteiger partial charge in [-0.1, -0.05) is 0 Å². The number of carbonyl (C=O) groups excluding carboxylic acids is 1. The van der Waals surface area contributed by atoms with Crippen molar-refractivity contribution in [2.75, 3.05) is 6.54 Å². The maximum atomic E-state index is 13.4. The highest BCUT2D eigenvalue weighted by atomic mass is 32.1. The number of carbonyl (C=O) groups is 1. The van der Waals surface area contributed by atoms with E-state index in [1.807, 2.05) is 18.2 Å². The van der Waals surface area contributed by atoms with Crippen LogP contribution in [0.3, 0.4) is 0 Å². The minimum Gasteiger partial charge on any atom is -0.332 e. The Balaban J connectivity index is 1.38. The fourth-order valence-electron chi connectivity index (χ4n) is 3.51. The van der Waals surface area contributed by atoms with Crippen LogP contribution in [0.4, 0.5) is 4.39 Å². The van der Waals surface area contributed by atoms with Crippen LogP contribution >= 0.6 is 11.3 Å². The minimum atomic E-state index is -0.261. The molecule has 0 radical (unpaired) electrons. The number of benzene rings is 1. The van der Waals surface area contributed by atoms with Crippen molar-refractivity contribution in [2.24, 2.45) is 0 Å². The molecule has 0 fully saturated rings. The van der Waals surface area contributed by atoms with Crippen LogP contribution in [0, 0.1) is 5.82 Å².